The van der Waals surface area contributed by atoms with E-state index in [1.54, 1.807) is 25.3 Å². The number of nitrogens with zero attached hydrogens (tertiary/aromatic N) is 5. The molecule has 186 valence electrons. The summed E-state index contributed by atoms with van der Waals surface area (Å²) >= 11 is 6.26. The van der Waals surface area contributed by atoms with Crippen LogP contribution in [0.15, 0.2) is 41.6 Å². The molecule has 0 spiro atoms. The van der Waals surface area contributed by atoms with Crippen LogP contribution in [0.5, 0.6) is 5.75 Å². The molecule has 2 aliphatic rings. The highest BCUT2D eigenvalue weighted by molar-refractivity contribution is 6.31. The third kappa shape index (κ3) is 4.06. The van der Waals surface area contributed by atoms with Crippen molar-refractivity contribution in [1.29, 1.82) is 0 Å². The van der Waals surface area contributed by atoms with Gasteiger partial charge in [0.05, 0.1) is 36.8 Å². The van der Waals surface area contributed by atoms with Crippen molar-refractivity contribution in [1.82, 2.24) is 24.1 Å². The fourth-order valence-corrected chi connectivity index (χ4v) is 4.93. The number of benzene rings is 1. The van der Waals surface area contributed by atoms with Crippen molar-refractivity contribution in [2.45, 2.75) is 50.7 Å². The predicted molar refractivity (Wildman–Crippen MR) is 132 cm³/mol. The number of aryl methyl sites for hydroxylation is 1. The molecule has 1 aromatic carbocycles. The lowest BCUT2D eigenvalue weighted by atomic mass is 9.90. The van der Waals surface area contributed by atoms with Crippen LogP contribution in [0.2, 0.25) is 5.02 Å². The van der Waals surface area contributed by atoms with Crippen molar-refractivity contribution < 1.29 is 13.9 Å². The first kappa shape index (κ1) is 23.1. The summed E-state index contributed by atoms with van der Waals surface area (Å²) in [5.74, 6) is -0.135. The summed E-state index contributed by atoms with van der Waals surface area (Å²) in [5, 5.41) is 4.53. The van der Waals surface area contributed by atoms with Gasteiger partial charge in [-0.15, -0.1) is 0 Å². The minimum absolute atomic E-state index is 0.00976. The van der Waals surface area contributed by atoms with Gasteiger partial charge in [0, 0.05) is 42.1 Å². The molecule has 2 fully saturated rings. The normalized spacial score (nSPS) is 20.1. The summed E-state index contributed by atoms with van der Waals surface area (Å²) in [6.45, 7) is 2.19. The van der Waals surface area contributed by atoms with Crippen LogP contribution in [-0.2, 0) is 4.74 Å². The second kappa shape index (κ2) is 8.97. The number of methoxy groups -OCH3 is 1. The van der Waals surface area contributed by atoms with Crippen LogP contribution < -0.4 is 10.3 Å². The Labute approximate surface area is 211 Å². The number of ether oxygens (including phenoxy) is 2. The van der Waals surface area contributed by atoms with E-state index in [1.165, 1.54) is 17.6 Å². The van der Waals surface area contributed by atoms with Gasteiger partial charge in [0.1, 0.15) is 22.3 Å². The van der Waals surface area contributed by atoms with Gasteiger partial charge in [-0.05, 0) is 44.7 Å². The van der Waals surface area contributed by atoms with E-state index >= 15 is 4.39 Å². The highest BCUT2D eigenvalue weighted by Gasteiger charge is 2.30. The first-order valence-electron chi connectivity index (χ1n) is 12.0. The number of fused-ring (bicyclic) bond motifs is 1. The molecule has 0 N–H and O–H groups in total. The van der Waals surface area contributed by atoms with Crippen molar-refractivity contribution in [3.05, 3.63) is 74.9 Å². The van der Waals surface area contributed by atoms with Gasteiger partial charge in [0.2, 0.25) is 0 Å². The zero-order valence-electron chi connectivity index (χ0n) is 19.9. The number of halogens is 2. The maximum Gasteiger partial charge on any atom is 0.277 e. The maximum absolute atomic E-state index is 15.2. The van der Waals surface area contributed by atoms with Crippen LogP contribution in [0.1, 0.15) is 60.7 Å². The van der Waals surface area contributed by atoms with E-state index in [-0.39, 0.29) is 33.9 Å². The van der Waals surface area contributed by atoms with Gasteiger partial charge >= 0.3 is 0 Å². The zero-order chi connectivity index (χ0) is 25.0. The molecule has 0 amide bonds. The molecule has 10 heteroatoms. The molecule has 0 unspecified atom stereocenters. The lowest BCUT2D eigenvalue weighted by Crippen LogP contribution is -2.23. The number of rotatable bonds is 5. The van der Waals surface area contributed by atoms with Gasteiger partial charge in [-0.25, -0.2) is 14.4 Å². The Hall–Kier alpha value is -3.30. The van der Waals surface area contributed by atoms with E-state index in [9.17, 15) is 4.79 Å². The van der Waals surface area contributed by atoms with Crippen LogP contribution in [-0.4, -0.2) is 37.9 Å². The van der Waals surface area contributed by atoms with Crippen molar-refractivity contribution in [2.75, 3.05) is 13.7 Å². The van der Waals surface area contributed by atoms with E-state index in [1.807, 2.05) is 10.9 Å². The van der Waals surface area contributed by atoms with Crippen molar-refractivity contribution in [3.8, 4) is 17.0 Å². The van der Waals surface area contributed by atoms with Crippen molar-refractivity contribution >= 4 is 17.2 Å². The Morgan fingerprint density at radius 1 is 1.19 bits per heavy atom. The first-order valence-corrected chi connectivity index (χ1v) is 12.4. The second-order valence-corrected chi connectivity index (χ2v) is 9.81. The van der Waals surface area contributed by atoms with Gasteiger partial charge in [-0.1, -0.05) is 11.6 Å². The molecular weight excluding hydrogens is 485 g/mol. The third-order valence-electron chi connectivity index (χ3n) is 6.99. The van der Waals surface area contributed by atoms with Crippen LogP contribution >= 0.6 is 11.6 Å². The van der Waals surface area contributed by atoms with E-state index in [4.69, 9.17) is 26.1 Å². The van der Waals surface area contributed by atoms with E-state index in [0.717, 1.165) is 24.8 Å². The molecule has 4 aromatic rings. The minimum atomic E-state index is -0.514. The van der Waals surface area contributed by atoms with E-state index < -0.39 is 11.4 Å². The van der Waals surface area contributed by atoms with Crippen LogP contribution in [0.25, 0.3) is 16.9 Å². The molecule has 1 saturated carbocycles. The highest BCUT2D eigenvalue weighted by atomic mass is 35.5. The lowest BCUT2D eigenvalue weighted by Gasteiger charge is -2.29. The Kier molecular flexibility index (Phi) is 5.76. The van der Waals surface area contributed by atoms with Gasteiger partial charge in [-0.3, -0.25) is 13.9 Å². The quantitative estimate of drug-likeness (QED) is 0.375. The Morgan fingerprint density at radius 3 is 2.78 bits per heavy atom. The van der Waals surface area contributed by atoms with Gasteiger partial charge in [0.15, 0.2) is 5.65 Å². The minimum Gasteiger partial charge on any atom is -0.497 e. The summed E-state index contributed by atoms with van der Waals surface area (Å²) < 4.78 is 29.8. The summed E-state index contributed by atoms with van der Waals surface area (Å²) in [7, 11) is 1.48. The maximum atomic E-state index is 15.2. The molecule has 36 heavy (non-hydrogen) atoms. The van der Waals surface area contributed by atoms with E-state index in [0.29, 0.717) is 36.2 Å². The predicted octanol–water partition coefficient (Wildman–Crippen LogP) is 5.03. The summed E-state index contributed by atoms with van der Waals surface area (Å²) in [6, 6.07) is 5.04. The summed E-state index contributed by atoms with van der Waals surface area (Å²) in [5.41, 5.74) is 2.43. The summed E-state index contributed by atoms with van der Waals surface area (Å²) in [4.78, 5) is 22.5. The zero-order valence-corrected chi connectivity index (χ0v) is 20.7. The molecule has 8 nitrogen and oxygen atoms in total. The van der Waals surface area contributed by atoms with Gasteiger partial charge in [-0.2, -0.15) is 5.10 Å². The van der Waals surface area contributed by atoms with Gasteiger partial charge < -0.3 is 9.47 Å². The average molecular weight is 510 g/mol. The molecule has 1 aliphatic carbocycles. The molecule has 6 rings (SSSR count). The largest absolute Gasteiger partial charge is 0.497 e. The number of hydrogen-bond acceptors (Lipinski definition) is 6. The Morgan fingerprint density at radius 2 is 2.03 bits per heavy atom. The number of aromatic nitrogens is 5. The molecule has 1 aliphatic heterocycles. The molecule has 3 aromatic heterocycles. The van der Waals surface area contributed by atoms with E-state index in [2.05, 4.69) is 16.3 Å². The monoisotopic (exact) mass is 509 g/mol. The Bertz CT molecular complexity index is 1530. The molecular formula is C26H25ClFN5O3. The Balaban J connectivity index is 1.45. The summed E-state index contributed by atoms with van der Waals surface area (Å²) in [6.07, 6.45) is 9.19. The molecule has 0 radical (unpaired) electrons. The highest BCUT2D eigenvalue weighted by Crippen LogP contribution is 2.40. The fraction of sp³-hybridized carbons (Fsp3) is 0.385. The third-order valence-corrected chi connectivity index (χ3v) is 7.42. The van der Waals surface area contributed by atoms with Crippen LogP contribution in [0.4, 0.5) is 4.39 Å². The molecule has 2 atom stereocenters. The lowest BCUT2D eigenvalue weighted by molar-refractivity contribution is 0.00454. The molecule has 4 heterocycles. The smallest absolute Gasteiger partial charge is 0.277 e. The molecule has 1 saturated heterocycles. The average Bonchev–Trinajstić information content (AvgIpc) is 3.63. The van der Waals surface area contributed by atoms with Gasteiger partial charge in [0.25, 0.3) is 5.56 Å². The van der Waals surface area contributed by atoms with Crippen LogP contribution in [0, 0.1) is 12.7 Å². The molecule has 0 bridgehead atoms. The van der Waals surface area contributed by atoms with Crippen LogP contribution in [0.3, 0.4) is 0 Å². The standard InChI is InChI=1S/C26H25ClFN5O3/c1-14-23(27)26(34)32-13-21(31-24(25(32)30-14)19-6-5-18(35-2)10-20(19)28)15-7-8-36-22(9-15)16-11-29-33(12-16)17-3-4-17/h5-6,10-13,15,17,22H,3-4,7-9H2,1-2H3/t15-,22-/m0/s1. The fourth-order valence-electron chi connectivity index (χ4n) is 4.79. The second-order valence-electron chi connectivity index (χ2n) is 9.44. The van der Waals surface area contributed by atoms with Crippen molar-refractivity contribution in [2.24, 2.45) is 0 Å². The topological polar surface area (TPSA) is 83.5 Å². The SMILES string of the molecule is COc1ccc(-c2nc([C@H]3CCO[C@H](c4cnn(C5CC5)c4)C3)cn3c(=O)c(Cl)c(C)nc23)c(F)c1. The van der Waals surface area contributed by atoms with Crippen molar-refractivity contribution in [3.63, 3.8) is 0 Å². The first-order chi connectivity index (χ1) is 17.4. The number of hydrogen-bond donors (Lipinski definition) is 0.